The summed E-state index contributed by atoms with van der Waals surface area (Å²) in [5, 5.41) is 10.8. The Morgan fingerprint density at radius 2 is 1.96 bits per heavy atom. The summed E-state index contributed by atoms with van der Waals surface area (Å²) < 4.78 is 43.6. The number of nitrogens with one attached hydrogen (secondary N) is 1. The van der Waals surface area contributed by atoms with Crippen molar-refractivity contribution in [1.29, 1.82) is 0 Å². The van der Waals surface area contributed by atoms with Crippen LogP contribution in [0.4, 0.5) is 5.69 Å². The summed E-state index contributed by atoms with van der Waals surface area (Å²) in [5.74, 6) is -0.0298. The fraction of sp³-hybridized carbons (Fsp3) is 0.537. The maximum absolute atomic E-state index is 14.1. The van der Waals surface area contributed by atoms with Crippen molar-refractivity contribution in [3.63, 3.8) is 0 Å². The molecule has 1 amide bonds. The van der Waals surface area contributed by atoms with E-state index >= 15 is 0 Å². The molecular formula is C41H51ClN2O6S. The number of carbonyl (C=O) groups excluding carboxylic acids is 1. The number of allylic oxidation sites excluding steroid dienone is 5. The van der Waals surface area contributed by atoms with Crippen molar-refractivity contribution in [3.05, 3.63) is 94.6 Å². The number of nitrogens with zero attached hydrogens (tertiary/aromatic N) is 1. The standard InChI is InChI=1S/C41H51ClN2O6S/c1-28-9-7-19-41(26-45,49-3)34-15-13-31(34)24-44-25-40(18-8-12-32-23-33(42)17-20-39(32,40)2)27-50-36-16-14-30(22-35(36)44)38(46)43-51(47,48)37(28)21-29-10-5-4-6-11-29/h4-7,10-11,14,16-17,19,22-23,28,31,34,37,45H,8-9,12-13,15,18,20-21,24-27H2,1-3H3,(H,43,46)/b19-7+/t28-,31-,34+,37-,39?,40-,41+/m0/s1. The highest BCUT2D eigenvalue weighted by Crippen LogP contribution is 2.60. The number of aliphatic hydroxyl groups is 1. The Morgan fingerprint density at radius 3 is 2.69 bits per heavy atom. The molecule has 2 aliphatic heterocycles. The monoisotopic (exact) mass is 734 g/mol. The number of ether oxygens (including phenoxy) is 2. The first-order chi connectivity index (χ1) is 24.4. The van der Waals surface area contributed by atoms with Gasteiger partial charge < -0.3 is 19.5 Å². The minimum atomic E-state index is -4.12. The number of benzene rings is 2. The van der Waals surface area contributed by atoms with Gasteiger partial charge >= 0.3 is 0 Å². The van der Waals surface area contributed by atoms with Gasteiger partial charge in [-0.1, -0.05) is 79.6 Å². The molecule has 0 saturated heterocycles. The van der Waals surface area contributed by atoms with Crippen molar-refractivity contribution in [3.8, 4) is 5.75 Å². The van der Waals surface area contributed by atoms with E-state index in [0.717, 1.165) is 54.8 Å². The van der Waals surface area contributed by atoms with Gasteiger partial charge in [0.05, 0.1) is 24.2 Å². The molecule has 2 fully saturated rings. The summed E-state index contributed by atoms with van der Waals surface area (Å²) in [6.45, 7) is 5.99. The Morgan fingerprint density at radius 1 is 1.16 bits per heavy atom. The van der Waals surface area contributed by atoms with Crippen LogP contribution >= 0.6 is 11.6 Å². The maximum Gasteiger partial charge on any atom is 0.264 e. The molecule has 2 heterocycles. The Hall–Kier alpha value is -3.11. The van der Waals surface area contributed by atoms with Gasteiger partial charge in [0.25, 0.3) is 5.91 Å². The van der Waals surface area contributed by atoms with Gasteiger partial charge in [-0.25, -0.2) is 13.1 Å². The molecule has 51 heavy (non-hydrogen) atoms. The number of sulfonamides is 1. The number of amides is 1. The summed E-state index contributed by atoms with van der Waals surface area (Å²) in [7, 11) is -2.46. The van der Waals surface area contributed by atoms with E-state index in [9.17, 15) is 18.3 Å². The van der Waals surface area contributed by atoms with Gasteiger partial charge in [-0.2, -0.15) is 0 Å². The van der Waals surface area contributed by atoms with Crippen LogP contribution in [0.2, 0.25) is 0 Å². The van der Waals surface area contributed by atoms with Crippen LogP contribution in [0.25, 0.3) is 0 Å². The van der Waals surface area contributed by atoms with Crippen LogP contribution in [0.15, 0.2) is 83.4 Å². The van der Waals surface area contributed by atoms with Crippen molar-refractivity contribution in [2.45, 2.75) is 76.1 Å². The zero-order valence-corrected chi connectivity index (χ0v) is 31.5. The lowest BCUT2D eigenvalue weighted by Gasteiger charge is -2.55. The van der Waals surface area contributed by atoms with Crippen LogP contribution in [-0.4, -0.2) is 63.7 Å². The molecule has 7 atom stereocenters. The predicted octanol–water partition coefficient (Wildman–Crippen LogP) is 7.19. The Bertz CT molecular complexity index is 1840. The molecule has 2 N–H and O–H groups in total. The van der Waals surface area contributed by atoms with Gasteiger partial charge in [-0.05, 0) is 99.0 Å². The number of carbonyl (C=O) groups is 1. The highest BCUT2D eigenvalue weighted by molar-refractivity contribution is 7.90. The molecule has 0 radical (unpaired) electrons. The maximum atomic E-state index is 14.1. The van der Waals surface area contributed by atoms with Crippen LogP contribution in [0.1, 0.15) is 74.7 Å². The van der Waals surface area contributed by atoms with E-state index in [1.165, 1.54) is 5.57 Å². The lowest BCUT2D eigenvalue weighted by molar-refractivity contribution is -0.103. The van der Waals surface area contributed by atoms with Crippen LogP contribution < -0.4 is 14.4 Å². The van der Waals surface area contributed by atoms with Gasteiger partial charge in [-0.3, -0.25) is 4.79 Å². The van der Waals surface area contributed by atoms with E-state index in [4.69, 9.17) is 21.1 Å². The highest BCUT2D eigenvalue weighted by Gasteiger charge is 2.55. The molecule has 0 aromatic heterocycles. The van der Waals surface area contributed by atoms with Crippen molar-refractivity contribution < 1.29 is 27.8 Å². The Kier molecular flexibility index (Phi) is 9.98. The van der Waals surface area contributed by atoms with Crippen molar-refractivity contribution in [2.24, 2.45) is 28.6 Å². The topological polar surface area (TPSA) is 105 Å². The average Bonchev–Trinajstić information content (AvgIpc) is 3.26. The third-order valence-corrected chi connectivity index (χ3v) is 15.3. The molecule has 8 nitrogen and oxygen atoms in total. The fourth-order valence-electron chi connectivity index (χ4n) is 9.66. The number of methoxy groups -OCH3 is 1. The number of hydrogen-bond acceptors (Lipinski definition) is 7. The second-order valence-electron chi connectivity index (χ2n) is 15.9. The third kappa shape index (κ3) is 6.57. The summed E-state index contributed by atoms with van der Waals surface area (Å²) in [5.41, 5.74) is 2.01. The number of hydrogen-bond donors (Lipinski definition) is 2. The molecule has 1 spiro atoms. The quantitative estimate of drug-likeness (QED) is 0.321. The van der Waals surface area contributed by atoms with Crippen molar-refractivity contribution in [2.75, 3.05) is 38.3 Å². The van der Waals surface area contributed by atoms with Crippen LogP contribution in [0, 0.1) is 28.6 Å². The molecule has 3 aliphatic carbocycles. The Labute approximate surface area is 308 Å². The largest absolute Gasteiger partial charge is 0.491 e. The summed E-state index contributed by atoms with van der Waals surface area (Å²) in [4.78, 5) is 16.3. The molecule has 2 bridgehead atoms. The van der Waals surface area contributed by atoms with Crippen LogP contribution in [0.3, 0.4) is 0 Å². The van der Waals surface area contributed by atoms with E-state index in [2.05, 4.69) is 28.7 Å². The highest BCUT2D eigenvalue weighted by atomic mass is 35.5. The first-order valence-corrected chi connectivity index (χ1v) is 20.4. The fourth-order valence-corrected chi connectivity index (χ4v) is 11.5. The first-order valence-electron chi connectivity index (χ1n) is 18.4. The van der Waals surface area contributed by atoms with E-state index in [0.29, 0.717) is 31.9 Å². The minimum Gasteiger partial charge on any atom is -0.491 e. The molecule has 10 heteroatoms. The second kappa shape index (κ2) is 14.0. The number of aliphatic hydroxyl groups excluding tert-OH is 1. The number of halogens is 1. The minimum absolute atomic E-state index is 0.0553. The number of fused-ring (bicyclic) bond motifs is 4. The van der Waals surface area contributed by atoms with E-state index in [1.54, 1.807) is 13.2 Å². The van der Waals surface area contributed by atoms with Gasteiger partial charge in [0.15, 0.2) is 0 Å². The predicted molar refractivity (Wildman–Crippen MR) is 201 cm³/mol. The molecule has 2 saturated carbocycles. The van der Waals surface area contributed by atoms with Crippen LogP contribution in [0.5, 0.6) is 5.75 Å². The van der Waals surface area contributed by atoms with Gasteiger partial charge in [0, 0.05) is 41.6 Å². The van der Waals surface area contributed by atoms with Crippen molar-refractivity contribution in [1.82, 2.24) is 4.72 Å². The van der Waals surface area contributed by atoms with Crippen LogP contribution in [-0.2, 0) is 21.2 Å². The summed E-state index contributed by atoms with van der Waals surface area (Å²) in [6, 6.07) is 14.8. The molecule has 274 valence electrons. The van der Waals surface area contributed by atoms with Gasteiger partial charge in [-0.15, -0.1) is 0 Å². The van der Waals surface area contributed by atoms with Gasteiger partial charge in [0.1, 0.15) is 11.4 Å². The molecule has 2 aromatic carbocycles. The molecule has 5 aliphatic rings. The molecule has 7 rings (SSSR count). The van der Waals surface area contributed by atoms with Crippen molar-refractivity contribution >= 4 is 33.2 Å². The Balaban J connectivity index is 1.31. The number of rotatable bonds is 4. The average molecular weight is 735 g/mol. The first kappa shape index (κ1) is 36.3. The lowest BCUT2D eigenvalue weighted by Crippen LogP contribution is -2.56. The zero-order chi connectivity index (χ0) is 36.0. The zero-order valence-electron chi connectivity index (χ0n) is 29.9. The van der Waals surface area contributed by atoms with E-state index in [-0.39, 0.29) is 47.2 Å². The summed E-state index contributed by atoms with van der Waals surface area (Å²) in [6.07, 6.45) is 14.6. The molecule has 2 aromatic rings. The summed E-state index contributed by atoms with van der Waals surface area (Å²) >= 11 is 6.56. The van der Waals surface area contributed by atoms with E-state index in [1.807, 2.05) is 61.5 Å². The van der Waals surface area contributed by atoms with E-state index < -0.39 is 26.8 Å². The molecule has 1 unspecified atom stereocenters. The number of anilines is 1. The lowest BCUT2D eigenvalue weighted by atomic mass is 9.52. The third-order valence-electron chi connectivity index (χ3n) is 13.1. The second-order valence-corrected chi connectivity index (χ2v) is 18.2. The normalized spacial score (nSPS) is 35.5. The van der Waals surface area contributed by atoms with Gasteiger partial charge in [0.2, 0.25) is 10.0 Å². The molecular weight excluding hydrogens is 684 g/mol. The SMILES string of the molecule is CO[C@@]1(CO)/C=C/C[C@H](C)[C@H](Cc2ccccc2)S(=O)(=O)NC(=O)c2ccc3c(c2)N(C[C@@H]2CC[C@H]21)C[C@@]1(CCCC2=CC(Cl)=CCC21C)CO3. The smallest absolute Gasteiger partial charge is 0.264 e.